The number of rotatable bonds is 3. The van der Waals surface area contributed by atoms with Crippen molar-refractivity contribution in [3.63, 3.8) is 0 Å². The van der Waals surface area contributed by atoms with Crippen molar-refractivity contribution in [2.75, 3.05) is 13.2 Å². The maximum absolute atomic E-state index is 5.85. The lowest BCUT2D eigenvalue weighted by atomic mass is 10.1. The topological polar surface area (TPSA) is 31.4 Å². The maximum atomic E-state index is 5.85. The highest BCUT2D eigenvalue weighted by Crippen LogP contribution is 2.14. The molecule has 0 radical (unpaired) electrons. The Morgan fingerprint density at radius 2 is 2.27 bits per heavy atom. The molecule has 1 saturated heterocycles. The highest BCUT2D eigenvalue weighted by molar-refractivity contribution is 6.30. The molecule has 0 N–H and O–H groups in total. The Labute approximate surface area is 94.4 Å². The first-order chi connectivity index (χ1) is 7.34. The van der Waals surface area contributed by atoms with Gasteiger partial charge in [-0.1, -0.05) is 11.6 Å². The molecule has 1 aliphatic heterocycles. The third kappa shape index (κ3) is 3.45. The van der Waals surface area contributed by atoms with E-state index in [1.165, 1.54) is 0 Å². The van der Waals surface area contributed by atoms with Crippen LogP contribution in [0.3, 0.4) is 0 Å². The second-order valence-corrected chi connectivity index (χ2v) is 4.02. The molecule has 2 heterocycles. The van der Waals surface area contributed by atoms with Crippen LogP contribution < -0.4 is 0 Å². The van der Waals surface area contributed by atoms with Gasteiger partial charge in [0, 0.05) is 24.4 Å². The summed E-state index contributed by atoms with van der Waals surface area (Å²) >= 11 is 5.85. The minimum absolute atomic E-state index is 0.305. The molecule has 82 valence electrons. The average Bonchev–Trinajstić information content (AvgIpc) is 2.28. The second-order valence-electron chi connectivity index (χ2n) is 3.59. The molecule has 0 spiro atoms. The third-order valence-corrected chi connectivity index (χ3v) is 2.65. The van der Waals surface area contributed by atoms with Gasteiger partial charge in [-0.3, -0.25) is 4.98 Å². The van der Waals surface area contributed by atoms with E-state index in [9.17, 15) is 0 Å². The molecule has 0 saturated carbocycles. The molecule has 0 aromatic carbocycles. The largest absolute Gasteiger partial charge is 0.381 e. The Hall–Kier alpha value is -0.640. The maximum Gasteiger partial charge on any atom is 0.0892 e. The number of hydrogen-bond donors (Lipinski definition) is 0. The van der Waals surface area contributed by atoms with E-state index in [2.05, 4.69) is 4.98 Å². The fraction of sp³-hybridized carbons (Fsp3) is 0.545. The number of pyridine rings is 1. The van der Waals surface area contributed by atoms with Gasteiger partial charge in [0.2, 0.25) is 0 Å². The van der Waals surface area contributed by atoms with Crippen LogP contribution in [0.25, 0.3) is 0 Å². The van der Waals surface area contributed by atoms with Crippen LogP contribution in [0, 0.1) is 0 Å². The van der Waals surface area contributed by atoms with Crippen molar-refractivity contribution in [2.24, 2.45) is 0 Å². The fourth-order valence-electron chi connectivity index (χ4n) is 1.57. The van der Waals surface area contributed by atoms with E-state index in [1.54, 1.807) is 12.3 Å². The smallest absolute Gasteiger partial charge is 0.0892 e. The van der Waals surface area contributed by atoms with E-state index < -0.39 is 0 Å². The Kier molecular flexibility index (Phi) is 3.94. The summed E-state index contributed by atoms with van der Waals surface area (Å²) in [6.45, 7) is 2.13. The number of nitrogens with zero attached hydrogens (tertiary/aromatic N) is 1. The van der Waals surface area contributed by atoms with Crippen molar-refractivity contribution in [2.45, 2.75) is 25.6 Å². The van der Waals surface area contributed by atoms with Crippen LogP contribution in [-0.4, -0.2) is 24.3 Å². The first kappa shape index (κ1) is 10.9. The number of aromatic nitrogens is 1. The minimum atomic E-state index is 0.305. The van der Waals surface area contributed by atoms with Gasteiger partial charge in [0.15, 0.2) is 0 Å². The van der Waals surface area contributed by atoms with Crippen molar-refractivity contribution in [3.8, 4) is 0 Å². The molecular formula is C11H14ClNO2. The molecule has 3 nitrogen and oxygen atoms in total. The summed E-state index contributed by atoms with van der Waals surface area (Å²) in [5.41, 5.74) is 0.883. The molecule has 15 heavy (non-hydrogen) atoms. The first-order valence-electron chi connectivity index (χ1n) is 5.14. The molecule has 4 heteroatoms. The van der Waals surface area contributed by atoms with E-state index in [0.717, 1.165) is 31.7 Å². The summed E-state index contributed by atoms with van der Waals surface area (Å²) in [7, 11) is 0. The monoisotopic (exact) mass is 227 g/mol. The Morgan fingerprint density at radius 1 is 1.47 bits per heavy atom. The van der Waals surface area contributed by atoms with Gasteiger partial charge in [0.25, 0.3) is 0 Å². The predicted octanol–water partition coefficient (Wildman–Crippen LogP) is 2.43. The van der Waals surface area contributed by atoms with Gasteiger partial charge in [-0.2, -0.15) is 0 Å². The fourth-order valence-corrected chi connectivity index (χ4v) is 1.76. The van der Waals surface area contributed by atoms with E-state index in [0.29, 0.717) is 17.7 Å². The second kappa shape index (κ2) is 5.45. The van der Waals surface area contributed by atoms with Gasteiger partial charge in [0.05, 0.1) is 18.4 Å². The zero-order valence-corrected chi connectivity index (χ0v) is 9.24. The summed E-state index contributed by atoms with van der Waals surface area (Å²) in [6.07, 6.45) is 3.95. The van der Waals surface area contributed by atoms with Crippen LogP contribution in [0.2, 0.25) is 5.02 Å². The molecular weight excluding hydrogens is 214 g/mol. The lowest BCUT2D eigenvalue weighted by Gasteiger charge is -2.22. The van der Waals surface area contributed by atoms with Crippen LogP contribution in [0.5, 0.6) is 0 Å². The highest BCUT2D eigenvalue weighted by atomic mass is 35.5. The molecule has 2 rings (SSSR count). The standard InChI is InChI=1S/C11H14ClNO2/c12-9-1-4-13-10(7-9)8-15-11-2-5-14-6-3-11/h1,4,7,11H,2-3,5-6,8H2. The summed E-state index contributed by atoms with van der Waals surface area (Å²) in [5.74, 6) is 0. The quantitative estimate of drug-likeness (QED) is 0.795. The highest BCUT2D eigenvalue weighted by Gasteiger charge is 2.14. The van der Waals surface area contributed by atoms with Crippen LogP contribution in [-0.2, 0) is 16.1 Å². The normalized spacial score (nSPS) is 17.9. The van der Waals surface area contributed by atoms with Crippen molar-refractivity contribution >= 4 is 11.6 Å². The first-order valence-corrected chi connectivity index (χ1v) is 5.52. The molecule has 1 aromatic heterocycles. The van der Waals surface area contributed by atoms with Crippen molar-refractivity contribution in [1.29, 1.82) is 0 Å². The molecule has 1 aromatic rings. The summed E-state index contributed by atoms with van der Waals surface area (Å²) in [5, 5.41) is 0.704. The van der Waals surface area contributed by atoms with E-state index in [-0.39, 0.29) is 0 Å². The number of halogens is 1. The summed E-state index contributed by atoms with van der Waals surface area (Å²) < 4.78 is 11.0. The zero-order valence-electron chi connectivity index (χ0n) is 8.49. The van der Waals surface area contributed by atoms with Crippen LogP contribution in [0.15, 0.2) is 18.3 Å². The van der Waals surface area contributed by atoms with E-state index >= 15 is 0 Å². The molecule has 0 bridgehead atoms. The van der Waals surface area contributed by atoms with Gasteiger partial charge in [-0.05, 0) is 25.0 Å². The van der Waals surface area contributed by atoms with Crippen molar-refractivity contribution < 1.29 is 9.47 Å². The Morgan fingerprint density at radius 3 is 3.00 bits per heavy atom. The summed E-state index contributed by atoms with van der Waals surface area (Å²) in [4.78, 5) is 4.18. The van der Waals surface area contributed by atoms with E-state index in [1.807, 2.05) is 6.07 Å². The van der Waals surface area contributed by atoms with Gasteiger partial charge in [0.1, 0.15) is 0 Å². The van der Waals surface area contributed by atoms with Crippen molar-refractivity contribution in [1.82, 2.24) is 4.98 Å². The SMILES string of the molecule is Clc1ccnc(COC2CCOCC2)c1. The Bertz CT molecular complexity index is 313. The van der Waals surface area contributed by atoms with Crippen LogP contribution in [0.4, 0.5) is 0 Å². The molecule has 1 aliphatic rings. The van der Waals surface area contributed by atoms with Gasteiger partial charge >= 0.3 is 0 Å². The summed E-state index contributed by atoms with van der Waals surface area (Å²) in [6, 6.07) is 3.60. The van der Waals surface area contributed by atoms with E-state index in [4.69, 9.17) is 21.1 Å². The van der Waals surface area contributed by atoms with Crippen LogP contribution in [0.1, 0.15) is 18.5 Å². The van der Waals surface area contributed by atoms with Gasteiger partial charge < -0.3 is 9.47 Å². The van der Waals surface area contributed by atoms with Gasteiger partial charge in [-0.25, -0.2) is 0 Å². The number of hydrogen-bond acceptors (Lipinski definition) is 3. The molecule has 0 amide bonds. The van der Waals surface area contributed by atoms with Gasteiger partial charge in [-0.15, -0.1) is 0 Å². The van der Waals surface area contributed by atoms with Crippen LogP contribution >= 0.6 is 11.6 Å². The predicted molar refractivity (Wildman–Crippen MR) is 57.9 cm³/mol. The Balaban J connectivity index is 1.81. The zero-order chi connectivity index (χ0) is 10.5. The lowest BCUT2D eigenvalue weighted by molar-refractivity contribution is -0.0399. The number of ether oxygens (including phenoxy) is 2. The van der Waals surface area contributed by atoms with Crippen molar-refractivity contribution in [3.05, 3.63) is 29.0 Å². The molecule has 0 atom stereocenters. The third-order valence-electron chi connectivity index (χ3n) is 2.41. The molecule has 1 fully saturated rings. The lowest BCUT2D eigenvalue weighted by Crippen LogP contribution is -2.23. The molecule has 0 aliphatic carbocycles. The average molecular weight is 228 g/mol. The minimum Gasteiger partial charge on any atom is -0.381 e. The molecule has 0 unspecified atom stereocenters.